The number of fused-ring (bicyclic) bond motifs is 2. The molecule has 0 bridgehead atoms. The van der Waals surface area contributed by atoms with Gasteiger partial charge in [0.2, 0.25) is 5.91 Å². The van der Waals surface area contributed by atoms with Crippen LogP contribution in [0.4, 0.5) is 0 Å². The Kier molecular flexibility index (Phi) is 6.47. The zero-order chi connectivity index (χ0) is 25.3. The van der Waals surface area contributed by atoms with Crippen LogP contribution in [-0.2, 0) is 17.8 Å². The van der Waals surface area contributed by atoms with Crippen molar-refractivity contribution in [2.24, 2.45) is 0 Å². The van der Waals surface area contributed by atoms with Gasteiger partial charge in [0.15, 0.2) is 0 Å². The average molecular weight is 501 g/mol. The highest BCUT2D eigenvalue weighted by atomic mass is 32.1. The summed E-state index contributed by atoms with van der Waals surface area (Å²) in [4.78, 5) is 20.8. The van der Waals surface area contributed by atoms with Crippen LogP contribution in [0.3, 0.4) is 0 Å². The van der Waals surface area contributed by atoms with Crippen LogP contribution in [0.15, 0.2) is 79.1 Å². The molecule has 0 aliphatic carbocycles. The molecule has 3 heterocycles. The molecule has 0 saturated heterocycles. The van der Waals surface area contributed by atoms with Crippen LogP contribution in [0.2, 0.25) is 0 Å². The molecule has 184 valence electrons. The molecule has 7 nitrogen and oxygen atoms in total. The molecular weight excluding hydrogens is 472 g/mol. The summed E-state index contributed by atoms with van der Waals surface area (Å²) in [5.74, 6) is 0.413. The van der Waals surface area contributed by atoms with Crippen LogP contribution >= 0.6 is 12.6 Å². The Morgan fingerprint density at radius 2 is 2.00 bits per heavy atom. The van der Waals surface area contributed by atoms with Gasteiger partial charge in [-0.25, -0.2) is 4.98 Å². The highest BCUT2D eigenvalue weighted by Crippen LogP contribution is 2.34. The van der Waals surface area contributed by atoms with E-state index in [9.17, 15) is 9.90 Å². The lowest BCUT2D eigenvalue weighted by Gasteiger charge is -2.30. The van der Waals surface area contributed by atoms with E-state index in [-0.39, 0.29) is 12.5 Å². The number of benzene rings is 2. The van der Waals surface area contributed by atoms with Crippen molar-refractivity contribution < 1.29 is 14.6 Å². The molecule has 2 atom stereocenters. The molecule has 3 aromatic heterocycles. The van der Waals surface area contributed by atoms with Crippen molar-refractivity contribution in [2.45, 2.75) is 30.9 Å². The summed E-state index contributed by atoms with van der Waals surface area (Å²) >= 11 is 4.66. The van der Waals surface area contributed by atoms with Gasteiger partial charge in [0.25, 0.3) is 0 Å². The van der Waals surface area contributed by atoms with E-state index in [1.54, 1.807) is 13.3 Å². The van der Waals surface area contributed by atoms with Gasteiger partial charge < -0.3 is 24.7 Å². The SMILES string of the molecule is COc1ccc2c(c1)c(-c1cc3cccnc3[nH]1)cn2CC(=O)NC(O)C(C)(S)Cc1ccccc1. The van der Waals surface area contributed by atoms with Crippen molar-refractivity contribution in [1.82, 2.24) is 19.9 Å². The maximum atomic E-state index is 13.0. The number of H-pyrrole nitrogens is 1. The monoisotopic (exact) mass is 500 g/mol. The number of carbonyl (C=O) groups excluding carboxylic acids is 1. The molecule has 5 aromatic rings. The van der Waals surface area contributed by atoms with Crippen molar-refractivity contribution >= 4 is 40.5 Å². The van der Waals surface area contributed by atoms with Gasteiger partial charge in [-0.2, -0.15) is 12.6 Å². The van der Waals surface area contributed by atoms with E-state index in [1.165, 1.54) is 0 Å². The number of ether oxygens (including phenoxy) is 1. The maximum absolute atomic E-state index is 13.0. The van der Waals surface area contributed by atoms with E-state index in [2.05, 4.69) is 27.9 Å². The Balaban J connectivity index is 1.41. The fraction of sp³-hybridized carbons (Fsp3) is 0.214. The number of aromatic amines is 1. The van der Waals surface area contributed by atoms with Crippen LogP contribution < -0.4 is 10.1 Å². The van der Waals surface area contributed by atoms with Crippen molar-refractivity contribution in [3.63, 3.8) is 0 Å². The van der Waals surface area contributed by atoms with Crippen molar-refractivity contribution in [1.29, 1.82) is 0 Å². The molecule has 3 N–H and O–H groups in total. The molecule has 0 radical (unpaired) electrons. The number of nitrogens with one attached hydrogen (secondary N) is 2. The van der Waals surface area contributed by atoms with Crippen LogP contribution in [0.25, 0.3) is 33.2 Å². The summed E-state index contributed by atoms with van der Waals surface area (Å²) in [7, 11) is 1.63. The van der Waals surface area contributed by atoms with E-state index in [0.29, 0.717) is 6.42 Å². The molecule has 0 saturated carbocycles. The van der Waals surface area contributed by atoms with Crippen LogP contribution in [0.1, 0.15) is 12.5 Å². The first-order valence-corrected chi connectivity index (χ1v) is 12.1. The molecule has 2 unspecified atom stereocenters. The Hall–Kier alpha value is -3.75. The number of pyridine rings is 1. The highest BCUT2D eigenvalue weighted by molar-refractivity contribution is 7.81. The first-order valence-electron chi connectivity index (χ1n) is 11.7. The Morgan fingerprint density at radius 3 is 2.75 bits per heavy atom. The lowest BCUT2D eigenvalue weighted by atomic mass is 9.98. The van der Waals surface area contributed by atoms with Crippen LogP contribution in [0, 0.1) is 0 Å². The van der Waals surface area contributed by atoms with E-state index in [0.717, 1.165) is 44.5 Å². The zero-order valence-electron chi connectivity index (χ0n) is 20.1. The fourth-order valence-corrected chi connectivity index (χ4v) is 4.71. The Labute approximate surface area is 214 Å². The summed E-state index contributed by atoms with van der Waals surface area (Å²) in [6.45, 7) is 1.85. The van der Waals surface area contributed by atoms with Gasteiger partial charge in [-0.05, 0) is 55.3 Å². The second-order valence-corrected chi connectivity index (χ2v) is 10.2. The second-order valence-electron chi connectivity index (χ2n) is 9.17. The molecule has 0 aliphatic heterocycles. The lowest BCUT2D eigenvalue weighted by Crippen LogP contribution is -2.49. The number of thiol groups is 1. The highest BCUT2D eigenvalue weighted by Gasteiger charge is 2.31. The molecule has 5 rings (SSSR count). The number of hydrogen-bond donors (Lipinski definition) is 4. The number of hydrogen-bond acceptors (Lipinski definition) is 5. The minimum absolute atomic E-state index is 0.0353. The molecule has 1 amide bonds. The number of aliphatic hydroxyl groups is 1. The lowest BCUT2D eigenvalue weighted by molar-refractivity contribution is -0.125. The normalized spacial score (nSPS) is 14.0. The predicted octanol–water partition coefficient (Wildman–Crippen LogP) is 4.56. The van der Waals surface area contributed by atoms with Gasteiger partial charge in [0.1, 0.15) is 24.2 Å². The molecule has 8 heteroatoms. The number of carbonyl (C=O) groups is 1. The molecular formula is C28H28N4O3S. The quantitative estimate of drug-likeness (QED) is 0.186. The van der Waals surface area contributed by atoms with E-state index < -0.39 is 11.0 Å². The maximum Gasteiger partial charge on any atom is 0.241 e. The average Bonchev–Trinajstić information content (AvgIpc) is 3.45. The number of amides is 1. The fourth-order valence-electron chi connectivity index (χ4n) is 4.47. The van der Waals surface area contributed by atoms with E-state index >= 15 is 0 Å². The van der Waals surface area contributed by atoms with Gasteiger partial charge in [0, 0.05) is 39.9 Å². The van der Waals surface area contributed by atoms with E-state index in [1.807, 2.05) is 84.4 Å². The number of aromatic nitrogens is 3. The van der Waals surface area contributed by atoms with Gasteiger partial charge >= 0.3 is 0 Å². The molecule has 0 spiro atoms. The molecule has 0 fully saturated rings. The van der Waals surface area contributed by atoms with Crippen molar-refractivity contribution in [3.8, 4) is 17.0 Å². The minimum Gasteiger partial charge on any atom is -0.497 e. The third-order valence-corrected chi connectivity index (χ3v) is 6.78. The summed E-state index contributed by atoms with van der Waals surface area (Å²) in [5, 5.41) is 15.5. The van der Waals surface area contributed by atoms with Crippen molar-refractivity contribution in [2.75, 3.05) is 7.11 Å². The topological polar surface area (TPSA) is 92.2 Å². The Morgan fingerprint density at radius 1 is 1.19 bits per heavy atom. The van der Waals surface area contributed by atoms with Gasteiger partial charge in [-0.3, -0.25) is 4.79 Å². The van der Waals surface area contributed by atoms with Crippen LogP contribution in [-0.4, -0.2) is 43.6 Å². The van der Waals surface area contributed by atoms with Crippen LogP contribution in [0.5, 0.6) is 5.75 Å². The summed E-state index contributed by atoms with van der Waals surface area (Å²) in [6.07, 6.45) is 3.06. The smallest absolute Gasteiger partial charge is 0.241 e. The summed E-state index contributed by atoms with van der Waals surface area (Å²) in [6, 6.07) is 21.5. The molecule has 2 aromatic carbocycles. The Bertz CT molecular complexity index is 1490. The predicted molar refractivity (Wildman–Crippen MR) is 145 cm³/mol. The number of rotatable bonds is 8. The van der Waals surface area contributed by atoms with Gasteiger partial charge in [0.05, 0.1) is 11.9 Å². The minimum atomic E-state index is -1.13. The molecule has 0 aliphatic rings. The number of aliphatic hydroxyl groups excluding tert-OH is 1. The largest absolute Gasteiger partial charge is 0.497 e. The second kappa shape index (κ2) is 9.72. The summed E-state index contributed by atoms with van der Waals surface area (Å²) in [5.41, 5.74) is 4.53. The van der Waals surface area contributed by atoms with Gasteiger partial charge in [-0.1, -0.05) is 30.3 Å². The number of nitrogens with zero attached hydrogens (tertiary/aromatic N) is 2. The first-order chi connectivity index (χ1) is 17.3. The van der Waals surface area contributed by atoms with E-state index in [4.69, 9.17) is 4.74 Å². The van der Waals surface area contributed by atoms with Gasteiger partial charge in [-0.15, -0.1) is 0 Å². The zero-order valence-corrected chi connectivity index (χ0v) is 21.0. The third kappa shape index (κ3) is 4.82. The molecule has 36 heavy (non-hydrogen) atoms. The summed E-state index contributed by atoms with van der Waals surface area (Å²) < 4.78 is 6.48. The third-order valence-electron chi connectivity index (χ3n) is 6.38. The standard InChI is InChI=1S/C28H28N4O3S/c1-28(36,15-18-7-4-3-5-8-18)27(34)31-25(33)17-32-16-22(21-14-20(35-2)10-11-24(21)32)23-13-19-9-6-12-29-26(19)30-23/h3-14,16,27,34,36H,15,17H2,1-2H3,(H,29,30)(H,31,33). The first kappa shape index (κ1) is 24.0. The number of methoxy groups -OCH3 is 1. The van der Waals surface area contributed by atoms with Crippen molar-refractivity contribution in [3.05, 3.63) is 84.7 Å².